The number of likely N-dealkylation sites (tertiary alicyclic amines) is 1. The number of aromatic amines is 1. The average Bonchev–Trinajstić information content (AvgIpc) is 2.93. The van der Waals surface area contributed by atoms with Crippen LogP contribution in [0.1, 0.15) is 36.8 Å². The third-order valence-corrected chi connectivity index (χ3v) is 5.43. The molecule has 112 valence electrons. The van der Waals surface area contributed by atoms with Crippen molar-refractivity contribution in [1.82, 2.24) is 9.88 Å². The highest BCUT2D eigenvalue weighted by molar-refractivity contribution is 5.88. The SMILES string of the molecule is CCCN1C[C@@H](CO)CC2c3cccc4[nH]cc(c34)C[C@H]21. The van der Waals surface area contributed by atoms with Crippen molar-refractivity contribution in [2.45, 2.75) is 38.1 Å². The quantitative estimate of drug-likeness (QED) is 0.909. The van der Waals surface area contributed by atoms with Crippen LogP contribution >= 0.6 is 0 Å². The lowest BCUT2D eigenvalue weighted by Crippen LogP contribution is -2.50. The molecular formula is C18H24N2O. The summed E-state index contributed by atoms with van der Waals surface area (Å²) in [7, 11) is 0. The van der Waals surface area contributed by atoms with Crippen LogP contribution in [0.25, 0.3) is 10.9 Å². The fraction of sp³-hybridized carbons (Fsp3) is 0.556. The normalized spacial score (nSPS) is 28.8. The number of piperidine rings is 1. The Balaban J connectivity index is 1.79. The lowest BCUT2D eigenvalue weighted by molar-refractivity contribution is 0.0572. The number of hydrogen-bond acceptors (Lipinski definition) is 2. The van der Waals surface area contributed by atoms with E-state index in [0.29, 0.717) is 24.5 Å². The number of aliphatic hydroxyl groups excluding tert-OH is 1. The van der Waals surface area contributed by atoms with Gasteiger partial charge < -0.3 is 10.1 Å². The molecule has 2 aliphatic rings. The van der Waals surface area contributed by atoms with Gasteiger partial charge in [0.1, 0.15) is 0 Å². The molecule has 0 saturated carbocycles. The molecule has 0 radical (unpaired) electrons. The molecule has 1 aliphatic heterocycles. The molecule has 21 heavy (non-hydrogen) atoms. The van der Waals surface area contributed by atoms with Crippen molar-refractivity contribution in [3.05, 3.63) is 35.5 Å². The van der Waals surface area contributed by atoms with Crippen molar-refractivity contribution in [2.24, 2.45) is 5.92 Å². The van der Waals surface area contributed by atoms with Crippen LogP contribution in [-0.4, -0.2) is 40.7 Å². The highest BCUT2D eigenvalue weighted by Crippen LogP contribution is 2.44. The highest BCUT2D eigenvalue weighted by atomic mass is 16.3. The smallest absolute Gasteiger partial charge is 0.0471 e. The molecule has 4 rings (SSSR count). The van der Waals surface area contributed by atoms with E-state index >= 15 is 0 Å². The van der Waals surface area contributed by atoms with Gasteiger partial charge >= 0.3 is 0 Å². The summed E-state index contributed by atoms with van der Waals surface area (Å²) in [6.07, 6.45) is 5.67. The van der Waals surface area contributed by atoms with Crippen LogP contribution in [0.15, 0.2) is 24.4 Å². The molecule has 0 bridgehead atoms. The van der Waals surface area contributed by atoms with Crippen molar-refractivity contribution in [1.29, 1.82) is 0 Å². The minimum absolute atomic E-state index is 0.319. The second-order valence-corrected chi connectivity index (χ2v) is 6.74. The van der Waals surface area contributed by atoms with Gasteiger partial charge in [-0.2, -0.15) is 0 Å². The van der Waals surface area contributed by atoms with Gasteiger partial charge in [-0.25, -0.2) is 0 Å². The van der Waals surface area contributed by atoms with E-state index in [1.54, 1.807) is 0 Å². The standard InChI is InChI=1S/C18H24N2O/c1-2-6-20-10-12(11-21)7-15-14-4-3-5-16-18(14)13(9-19-16)8-17(15)20/h3-5,9,12,15,17,19,21H,2,6-8,10-11H2,1H3/t12-,15?,17+/m0/s1. The van der Waals surface area contributed by atoms with E-state index in [0.717, 1.165) is 25.9 Å². The minimum Gasteiger partial charge on any atom is -0.396 e. The number of benzene rings is 1. The maximum atomic E-state index is 9.68. The van der Waals surface area contributed by atoms with Gasteiger partial charge in [-0.05, 0) is 48.9 Å². The molecule has 1 aromatic carbocycles. The lowest BCUT2D eigenvalue weighted by Gasteiger charge is -2.47. The van der Waals surface area contributed by atoms with Crippen molar-refractivity contribution in [3.8, 4) is 0 Å². The summed E-state index contributed by atoms with van der Waals surface area (Å²) in [6.45, 7) is 4.77. The zero-order valence-corrected chi connectivity index (χ0v) is 12.7. The molecule has 0 spiro atoms. The zero-order chi connectivity index (χ0) is 14.4. The Morgan fingerprint density at radius 2 is 2.29 bits per heavy atom. The number of aliphatic hydroxyl groups is 1. The van der Waals surface area contributed by atoms with Gasteiger partial charge in [0.05, 0.1) is 0 Å². The van der Waals surface area contributed by atoms with Gasteiger partial charge in [0, 0.05) is 42.2 Å². The average molecular weight is 284 g/mol. The third kappa shape index (κ3) is 2.02. The summed E-state index contributed by atoms with van der Waals surface area (Å²) < 4.78 is 0. The summed E-state index contributed by atoms with van der Waals surface area (Å²) in [4.78, 5) is 6.06. The topological polar surface area (TPSA) is 39.3 Å². The molecule has 1 aliphatic carbocycles. The Labute approximate surface area is 126 Å². The van der Waals surface area contributed by atoms with E-state index in [1.807, 2.05) is 0 Å². The molecule has 1 saturated heterocycles. The number of rotatable bonds is 3. The zero-order valence-electron chi connectivity index (χ0n) is 12.7. The van der Waals surface area contributed by atoms with Gasteiger partial charge in [-0.3, -0.25) is 4.90 Å². The molecule has 2 aromatic rings. The van der Waals surface area contributed by atoms with Crippen molar-refractivity contribution in [3.63, 3.8) is 0 Å². The molecule has 1 unspecified atom stereocenters. The van der Waals surface area contributed by atoms with Gasteiger partial charge in [-0.15, -0.1) is 0 Å². The monoisotopic (exact) mass is 284 g/mol. The van der Waals surface area contributed by atoms with E-state index in [1.165, 1.54) is 28.5 Å². The Morgan fingerprint density at radius 1 is 1.38 bits per heavy atom. The second-order valence-electron chi connectivity index (χ2n) is 6.74. The molecule has 3 atom stereocenters. The lowest BCUT2D eigenvalue weighted by atomic mass is 9.72. The molecule has 3 heteroatoms. The Hall–Kier alpha value is -1.32. The second kappa shape index (κ2) is 5.15. The Morgan fingerprint density at radius 3 is 3.10 bits per heavy atom. The van der Waals surface area contributed by atoms with Gasteiger partial charge in [0.25, 0.3) is 0 Å². The van der Waals surface area contributed by atoms with Gasteiger partial charge in [0.15, 0.2) is 0 Å². The fourth-order valence-electron chi connectivity index (χ4n) is 4.58. The number of H-pyrrole nitrogens is 1. The molecule has 2 N–H and O–H groups in total. The Kier molecular flexibility index (Phi) is 3.27. The number of nitrogens with zero attached hydrogens (tertiary/aromatic N) is 1. The molecule has 0 amide bonds. The van der Waals surface area contributed by atoms with Crippen LogP contribution in [0, 0.1) is 5.92 Å². The first-order valence-electron chi connectivity index (χ1n) is 8.25. The first-order chi connectivity index (χ1) is 10.3. The number of nitrogens with one attached hydrogen (secondary N) is 1. The van der Waals surface area contributed by atoms with E-state index in [2.05, 4.69) is 41.2 Å². The van der Waals surface area contributed by atoms with Crippen molar-refractivity contribution in [2.75, 3.05) is 19.7 Å². The first kappa shape index (κ1) is 13.4. The molecule has 3 nitrogen and oxygen atoms in total. The van der Waals surface area contributed by atoms with Crippen molar-refractivity contribution < 1.29 is 5.11 Å². The number of fused-ring (bicyclic) bond motifs is 2. The summed E-state index contributed by atoms with van der Waals surface area (Å²) in [5, 5.41) is 11.1. The number of hydrogen-bond donors (Lipinski definition) is 2. The summed E-state index contributed by atoms with van der Waals surface area (Å²) in [6, 6.07) is 7.27. The van der Waals surface area contributed by atoms with Crippen LogP contribution in [0.3, 0.4) is 0 Å². The maximum Gasteiger partial charge on any atom is 0.0471 e. The number of aromatic nitrogens is 1. The van der Waals surface area contributed by atoms with Gasteiger partial charge in [-0.1, -0.05) is 19.1 Å². The third-order valence-electron chi connectivity index (χ3n) is 5.43. The molecule has 1 fully saturated rings. The maximum absolute atomic E-state index is 9.68. The van der Waals surface area contributed by atoms with Gasteiger partial charge in [0.2, 0.25) is 0 Å². The molecular weight excluding hydrogens is 260 g/mol. The van der Waals surface area contributed by atoms with Crippen LogP contribution in [0.5, 0.6) is 0 Å². The molecule has 2 heterocycles. The summed E-state index contributed by atoms with van der Waals surface area (Å²) in [5.74, 6) is 1.00. The molecule has 1 aromatic heterocycles. The van der Waals surface area contributed by atoms with E-state index < -0.39 is 0 Å². The minimum atomic E-state index is 0.319. The van der Waals surface area contributed by atoms with E-state index in [4.69, 9.17) is 0 Å². The van der Waals surface area contributed by atoms with Crippen LogP contribution in [0.2, 0.25) is 0 Å². The fourth-order valence-corrected chi connectivity index (χ4v) is 4.58. The van der Waals surface area contributed by atoms with Crippen LogP contribution in [-0.2, 0) is 6.42 Å². The summed E-state index contributed by atoms with van der Waals surface area (Å²) in [5.41, 5.74) is 4.25. The van der Waals surface area contributed by atoms with Crippen LogP contribution in [0.4, 0.5) is 0 Å². The van der Waals surface area contributed by atoms with E-state index in [-0.39, 0.29) is 0 Å². The predicted molar refractivity (Wildman–Crippen MR) is 85.6 cm³/mol. The van der Waals surface area contributed by atoms with Crippen molar-refractivity contribution >= 4 is 10.9 Å². The van der Waals surface area contributed by atoms with Crippen LogP contribution < -0.4 is 0 Å². The van der Waals surface area contributed by atoms with E-state index in [9.17, 15) is 5.11 Å². The first-order valence-corrected chi connectivity index (χ1v) is 8.25. The Bertz CT molecular complexity index is 648. The highest BCUT2D eigenvalue weighted by Gasteiger charge is 2.40. The largest absolute Gasteiger partial charge is 0.396 e. The predicted octanol–water partition coefficient (Wildman–Crippen LogP) is 2.90. The summed E-state index contributed by atoms with van der Waals surface area (Å²) >= 11 is 0.